The second-order valence-corrected chi connectivity index (χ2v) is 5.39. The number of para-hydroxylation sites is 1. The van der Waals surface area contributed by atoms with E-state index in [-0.39, 0.29) is 62.9 Å². The van der Waals surface area contributed by atoms with Crippen LogP contribution in [0, 0.1) is 6.92 Å². The summed E-state index contributed by atoms with van der Waals surface area (Å²) in [5, 5.41) is 7.22. The van der Waals surface area contributed by atoms with Crippen LogP contribution in [0.1, 0.15) is 24.1 Å². The molecule has 0 saturated carbocycles. The molecular weight excluding hydrogens is 345 g/mol. The predicted molar refractivity (Wildman–Crippen MR) is 91.2 cm³/mol. The number of aromatic nitrogens is 2. The number of nitrogens with zero attached hydrogens (tertiary/aromatic N) is 3. The maximum atomic E-state index is 7.77. The van der Waals surface area contributed by atoms with Gasteiger partial charge < -0.3 is 10.4 Å². The Balaban J connectivity index is 0.00000225. The van der Waals surface area contributed by atoms with Crippen molar-refractivity contribution in [3.05, 3.63) is 65.1 Å². The number of hydrogen-bond acceptors (Lipinski definition) is 5. The molecule has 2 aromatic rings. The zero-order valence-corrected chi connectivity index (χ0v) is 17.4. The molecule has 124 valence electrons. The summed E-state index contributed by atoms with van der Waals surface area (Å²) >= 11 is 0. The van der Waals surface area contributed by atoms with E-state index in [0.29, 0.717) is 12.4 Å². The summed E-state index contributed by atoms with van der Waals surface area (Å²) < 4.78 is 4.61. The number of rotatable bonds is 5. The zero-order valence-electron chi connectivity index (χ0n) is 14.3. The number of aryl methyl sites for hydroxylation is 1. The Morgan fingerprint density at radius 1 is 1.36 bits per heavy atom. The van der Waals surface area contributed by atoms with Gasteiger partial charge in [0.1, 0.15) is 5.69 Å². The first-order chi connectivity index (χ1) is 11.7. The van der Waals surface area contributed by atoms with E-state index in [1.807, 2.05) is 43.3 Å². The van der Waals surface area contributed by atoms with Gasteiger partial charge in [-0.15, -0.1) is 0 Å². The number of hydroxylamine groups is 1. The van der Waals surface area contributed by atoms with Gasteiger partial charge in [0, 0.05) is 5.82 Å². The third kappa shape index (κ3) is 5.60. The van der Waals surface area contributed by atoms with Crippen molar-refractivity contribution < 1.29 is 60.9 Å². The SMILES string of the molecule is Cc1ccccc1N=C(NOCC1=CC=CCC1)c1nonc1[NH-].[K+]. The molecule has 0 aliphatic heterocycles. The van der Waals surface area contributed by atoms with E-state index in [0.717, 1.165) is 24.1 Å². The van der Waals surface area contributed by atoms with Gasteiger partial charge in [0.05, 0.1) is 12.3 Å². The summed E-state index contributed by atoms with van der Waals surface area (Å²) in [6.07, 6.45) is 8.17. The molecule has 0 unspecified atom stereocenters. The van der Waals surface area contributed by atoms with Crippen LogP contribution in [-0.2, 0) is 4.84 Å². The van der Waals surface area contributed by atoms with Gasteiger partial charge in [-0.05, 0) is 37.0 Å². The third-order valence-electron chi connectivity index (χ3n) is 3.59. The van der Waals surface area contributed by atoms with Crippen molar-refractivity contribution in [3.8, 4) is 0 Å². The third-order valence-corrected chi connectivity index (χ3v) is 3.59. The van der Waals surface area contributed by atoms with Crippen LogP contribution in [0.15, 0.2) is 57.7 Å². The van der Waals surface area contributed by atoms with Gasteiger partial charge in [-0.25, -0.2) is 10.5 Å². The number of benzene rings is 1. The van der Waals surface area contributed by atoms with E-state index in [4.69, 9.17) is 10.6 Å². The second-order valence-electron chi connectivity index (χ2n) is 5.39. The van der Waals surface area contributed by atoms with Gasteiger partial charge in [-0.2, -0.15) is 0 Å². The molecule has 1 aromatic heterocycles. The molecular formula is C17H18KN5O2. The molecule has 8 heteroatoms. The average molecular weight is 363 g/mol. The van der Waals surface area contributed by atoms with Crippen molar-refractivity contribution in [2.75, 3.05) is 6.61 Å². The molecule has 0 fully saturated rings. The standard InChI is InChI=1S/C17H18N5O2.K/c1-12-7-5-6-10-14(12)19-17(15-16(18)21-24-20-15)22-23-11-13-8-3-2-4-9-13;/h2-3,5-8,10H,4,9,11H2,1H3,(H2-,18,19,21,22);/q-1;+1. The van der Waals surface area contributed by atoms with E-state index in [9.17, 15) is 0 Å². The smallest absolute Gasteiger partial charge is 0.478 e. The molecule has 0 atom stereocenters. The maximum Gasteiger partial charge on any atom is 1.00 e. The van der Waals surface area contributed by atoms with Gasteiger partial charge in [-0.3, -0.25) is 9.99 Å². The van der Waals surface area contributed by atoms with Gasteiger partial charge in [-0.1, -0.05) is 41.6 Å². The van der Waals surface area contributed by atoms with E-state index >= 15 is 0 Å². The van der Waals surface area contributed by atoms with Crippen LogP contribution in [0.3, 0.4) is 0 Å². The van der Waals surface area contributed by atoms with E-state index in [2.05, 4.69) is 31.5 Å². The van der Waals surface area contributed by atoms with Crippen molar-refractivity contribution in [1.29, 1.82) is 0 Å². The van der Waals surface area contributed by atoms with Crippen molar-refractivity contribution in [1.82, 2.24) is 15.8 Å². The Hall–Kier alpha value is -1.29. The molecule has 3 rings (SSSR count). The Bertz CT molecular complexity index is 798. The number of aliphatic imine (C=N–C) groups is 1. The minimum Gasteiger partial charge on any atom is -0.478 e. The molecule has 25 heavy (non-hydrogen) atoms. The maximum absolute atomic E-state index is 7.77. The normalized spacial score (nSPS) is 14.0. The molecule has 7 nitrogen and oxygen atoms in total. The van der Waals surface area contributed by atoms with Crippen molar-refractivity contribution in [2.24, 2.45) is 4.99 Å². The summed E-state index contributed by atoms with van der Waals surface area (Å²) in [6.45, 7) is 2.38. The summed E-state index contributed by atoms with van der Waals surface area (Å²) in [5.41, 5.74) is 13.7. The van der Waals surface area contributed by atoms with Crippen LogP contribution >= 0.6 is 0 Å². The van der Waals surface area contributed by atoms with Crippen molar-refractivity contribution in [3.63, 3.8) is 0 Å². The molecule has 0 spiro atoms. The number of amidine groups is 1. The number of nitrogens with one attached hydrogen (secondary N) is 2. The summed E-state index contributed by atoms with van der Waals surface area (Å²) in [6, 6.07) is 7.67. The molecule has 0 amide bonds. The Morgan fingerprint density at radius 3 is 2.88 bits per heavy atom. The van der Waals surface area contributed by atoms with Gasteiger partial charge in [0.15, 0.2) is 5.84 Å². The van der Waals surface area contributed by atoms with Gasteiger partial charge in [0.25, 0.3) is 0 Å². The molecule has 1 aliphatic rings. The van der Waals surface area contributed by atoms with Crippen molar-refractivity contribution >= 4 is 17.3 Å². The summed E-state index contributed by atoms with van der Waals surface area (Å²) in [7, 11) is 0. The minimum atomic E-state index is -0.0988. The Morgan fingerprint density at radius 2 is 2.20 bits per heavy atom. The summed E-state index contributed by atoms with van der Waals surface area (Å²) in [5.74, 6) is 0.195. The van der Waals surface area contributed by atoms with E-state index in [1.54, 1.807) is 0 Å². The van der Waals surface area contributed by atoms with Gasteiger partial charge in [0.2, 0.25) is 0 Å². The largest absolute Gasteiger partial charge is 1.00 e. The van der Waals surface area contributed by atoms with Crippen LogP contribution in [0.5, 0.6) is 0 Å². The van der Waals surface area contributed by atoms with Gasteiger partial charge >= 0.3 is 51.4 Å². The minimum absolute atomic E-state index is 0. The van der Waals surface area contributed by atoms with E-state index in [1.165, 1.54) is 5.57 Å². The first kappa shape index (κ1) is 20.0. The first-order valence-electron chi connectivity index (χ1n) is 7.65. The quantitative estimate of drug-likeness (QED) is 0.369. The fraction of sp³-hybridized carbons (Fsp3) is 0.235. The molecule has 1 aliphatic carbocycles. The van der Waals surface area contributed by atoms with Crippen LogP contribution in [0.4, 0.5) is 11.5 Å². The summed E-state index contributed by atoms with van der Waals surface area (Å²) in [4.78, 5) is 10.1. The van der Waals surface area contributed by atoms with Crippen LogP contribution in [0.25, 0.3) is 5.73 Å². The average Bonchev–Trinajstić information content (AvgIpc) is 3.03. The monoisotopic (exact) mass is 363 g/mol. The van der Waals surface area contributed by atoms with Crippen molar-refractivity contribution in [2.45, 2.75) is 19.8 Å². The molecule has 2 N–H and O–H groups in total. The second kappa shape index (κ2) is 10.0. The number of allylic oxidation sites excluding steroid dienone is 3. The van der Waals surface area contributed by atoms with E-state index < -0.39 is 0 Å². The number of hydrogen-bond donors (Lipinski definition) is 1. The van der Waals surface area contributed by atoms with Crippen LogP contribution < -0.4 is 56.9 Å². The Labute approximate surface area is 188 Å². The molecule has 0 saturated heterocycles. The molecule has 1 aromatic carbocycles. The van der Waals surface area contributed by atoms with Crippen LogP contribution in [0.2, 0.25) is 0 Å². The molecule has 0 bridgehead atoms. The molecule has 1 heterocycles. The van der Waals surface area contributed by atoms with Crippen LogP contribution in [-0.4, -0.2) is 22.8 Å². The molecule has 0 radical (unpaired) electrons. The predicted octanol–water partition coefficient (Wildman–Crippen LogP) is 0.942. The Kier molecular flexibility index (Phi) is 8.01. The topological polar surface area (TPSA) is 96.3 Å². The fourth-order valence-corrected chi connectivity index (χ4v) is 2.25. The first-order valence-corrected chi connectivity index (χ1v) is 7.65. The zero-order chi connectivity index (χ0) is 16.8. The fourth-order valence-electron chi connectivity index (χ4n) is 2.25.